The fourth-order valence-electron chi connectivity index (χ4n) is 3.46. The Balaban J connectivity index is 3.89. The summed E-state index contributed by atoms with van der Waals surface area (Å²) in [4.78, 5) is 0. The van der Waals surface area contributed by atoms with Crippen molar-refractivity contribution in [2.45, 2.75) is 89.9 Å². The van der Waals surface area contributed by atoms with E-state index in [4.69, 9.17) is 21.5 Å². The molecule has 0 N–H and O–H groups in total. The predicted octanol–water partition coefficient (Wildman–Crippen LogP) is 5.13. The first kappa shape index (κ1) is 26.7. The summed E-state index contributed by atoms with van der Waals surface area (Å²) in [6.07, 6.45) is 7.46. The van der Waals surface area contributed by atoms with Crippen molar-refractivity contribution in [3.05, 3.63) is 0 Å². The van der Waals surface area contributed by atoms with Gasteiger partial charge in [-0.05, 0) is 51.7 Å². The highest BCUT2D eigenvalue weighted by molar-refractivity contribution is 6.84. The maximum Gasteiger partial charge on any atom is 0.500 e. The molecule has 0 atom stereocenters. The molecule has 0 spiro atoms. The van der Waals surface area contributed by atoms with Gasteiger partial charge in [-0.25, -0.2) is 0 Å². The van der Waals surface area contributed by atoms with Gasteiger partial charge in [-0.1, -0.05) is 32.1 Å². The highest BCUT2D eigenvalue weighted by Gasteiger charge is 2.37. The molecule has 0 rings (SSSR count). The molecule has 0 aromatic carbocycles. The van der Waals surface area contributed by atoms with Gasteiger partial charge in [0.2, 0.25) is 0 Å². The second-order valence-corrected chi connectivity index (χ2v) is 22.1. The summed E-state index contributed by atoms with van der Waals surface area (Å²) < 4.78 is 29.1. The third kappa shape index (κ3) is 12.2. The molecule has 0 aliphatic heterocycles. The lowest BCUT2D eigenvalue weighted by Gasteiger charge is -2.34. The SMILES string of the molecule is CO[Si](CCCCCCCC[Si](C)(C)O[Si](C)(C)O[SiH](C)C)(OC)OC. The van der Waals surface area contributed by atoms with Crippen LogP contribution in [0.4, 0.5) is 0 Å². The first-order valence-corrected chi connectivity index (χ1v) is 20.7. The van der Waals surface area contributed by atoms with Crippen LogP contribution in [0, 0.1) is 0 Å². The van der Waals surface area contributed by atoms with Gasteiger partial charge >= 0.3 is 17.4 Å². The van der Waals surface area contributed by atoms with E-state index in [0.29, 0.717) is 0 Å². The zero-order chi connectivity index (χ0) is 20.3. The molecule has 0 heterocycles. The molecule has 5 nitrogen and oxygen atoms in total. The minimum Gasteiger partial charge on any atom is -0.440 e. The van der Waals surface area contributed by atoms with Crippen LogP contribution in [0.5, 0.6) is 0 Å². The average Bonchev–Trinajstić information content (AvgIpc) is 2.51. The average molecular weight is 441 g/mol. The summed E-state index contributed by atoms with van der Waals surface area (Å²) in [5.41, 5.74) is 0. The van der Waals surface area contributed by atoms with Crippen molar-refractivity contribution in [2.75, 3.05) is 21.3 Å². The van der Waals surface area contributed by atoms with Crippen LogP contribution in [-0.4, -0.2) is 56.1 Å². The molecule has 26 heavy (non-hydrogen) atoms. The van der Waals surface area contributed by atoms with Crippen molar-refractivity contribution in [1.82, 2.24) is 0 Å². The van der Waals surface area contributed by atoms with Crippen molar-refractivity contribution in [1.29, 1.82) is 0 Å². The maximum atomic E-state index is 6.51. The lowest BCUT2D eigenvalue weighted by atomic mass is 10.1. The summed E-state index contributed by atoms with van der Waals surface area (Å²) >= 11 is 0. The smallest absolute Gasteiger partial charge is 0.440 e. The molecule has 0 radical (unpaired) electrons. The molecular weight excluding hydrogens is 397 g/mol. The van der Waals surface area contributed by atoms with Crippen molar-refractivity contribution in [3.8, 4) is 0 Å². The molecule has 0 aromatic rings. The predicted molar refractivity (Wildman–Crippen MR) is 120 cm³/mol. The number of hydrogen-bond acceptors (Lipinski definition) is 5. The van der Waals surface area contributed by atoms with Crippen molar-refractivity contribution in [2.24, 2.45) is 0 Å². The van der Waals surface area contributed by atoms with E-state index >= 15 is 0 Å². The van der Waals surface area contributed by atoms with Crippen LogP contribution in [0.1, 0.15) is 38.5 Å². The largest absolute Gasteiger partial charge is 0.500 e. The Labute approximate surface area is 167 Å². The van der Waals surface area contributed by atoms with Gasteiger partial charge in [0.25, 0.3) is 0 Å². The van der Waals surface area contributed by atoms with E-state index in [1.807, 2.05) is 0 Å². The van der Waals surface area contributed by atoms with Gasteiger partial charge in [-0.15, -0.1) is 0 Å². The Bertz CT molecular complexity index is 355. The normalized spacial score (nSPS) is 13.6. The van der Waals surface area contributed by atoms with Crippen LogP contribution in [0.25, 0.3) is 0 Å². The zero-order valence-corrected chi connectivity index (χ0v) is 22.9. The van der Waals surface area contributed by atoms with E-state index in [1.165, 1.54) is 38.1 Å². The molecule has 0 fully saturated rings. The minimum atomic E-state index is -2.37. The third-order valence-electron chi connectivity index (χ3n) is 4.49. The third-order valence-corrected chi connectivity index (χ3v) is 17.2. The molecule has 0 aliphatic carbocycles. The van der Waals surface area contributed by atoms with Gasteiger partial charge in [-0.3, -0.25) is 0 Å². The van der Waals surface area contributed by atoms with Gasteiger partial charge in [0.15, 0.2) is 17.4 Å². The van der Waals surface area contributed by atoms with E-state index in [-0.39, 0.29) is 0 Å². The molecule has 0 aliphatic rings. The second kappa shape index (κ2) is 13.0. The molecule has 0 bridgehead atoms. The maximum absolute atomic E-state index is 6.51. The van der Waals surface area contributed by atoms with E-state index in [0.717, 1.165) is 12.5 Å². The summed E-state index contributed by atoms with van der Waals surface area (Å²) in [5.74, 6) is 0. The van der Waals surface area contributed by atoms with Crippen molar-refractivity contribution in [3.63, 3.8) is 0 Å². The molecule has 158 valence electrons. The zero-order valence-electron chi connectivity index (χ0n) is 18.8. The monoisotopic (exact) mass is 440 g/mol. The van der Waals surface area contributed by atoms with Gasteiger partial charge in [0, 0.05) is 27.4 Å². The minimum absolute atomic E-state index is 0.906. The van der Waals surface area contributed by atoms with Gasteiger partial charge in [0.05, 0.1) is 0 Å². The molecule has 0 saturated carbocycles. The Morgan fingerprint density at radius 1 is 0.654 bits per heavy atom. The van der Waals surface area contributed by atoms with Crippen LogP contribution >= 0.6 is 0 Å². The Hall–Kier alpha value is 0.668. The van der Waals surface area contributed by atoms with Crippen LogP contribution in [0.15, 0.2) is 0 Å². The Morgan fingerprint density at radius 2 is 1.08 bits per heavy atom. The Morgan fingerprint density at radius 3 is 1.50 bits per heavy atom. The molecule has 9 heteroatoms. The van der Waals surface area contributed by atoms with Crippen molar-refractivity contribution < 1.29 is 21.5 Å². The quantitative estimate of drug-likeness (QED) is 0.246. The van der Waals surface area contributed by atoms with Crippen LogP contribution in [0.2, 0.25) is 51.4 Å². The summed E-state index contributed by atoms with van der Waals surface area (Å²) in [5, 5.41) is 0. The molecule has 0 saturated heterocycles. The number of unbranched alkanes of at least 4 members (excludes halogenated alkanes) is 5. The van der Waals surface area contributed by atoms with Crippen molar-refractivity contribution >= 4 is 34.7 Å². The lowest BCUT2D eigenvalue weighted by molar-refractivity contribution is 0.122. The fraction of sp³-hybridized carbons (Fsp3) is 1.00. The topological polar surface area (TPSA) is 46.2 Å². The highest BCUT2D eigenvalue weighted by Crippen LogP contribution is 2.23. The van der Waals surface area contributed by atoms with E-state index in [1.54, 1.807) is 21.3 Å². The van der Waals surface area contributed by atoms with Gasteiger partial charge < -0.3 is 21.5 Å². The molecular formula is C17H44O5Si4. The van der Waals surface area contributed by atoms with E-state index in [2.05, 4.69) is 39.3 Å². The van der Waals surface area contributed by atoms with Crippen LogP contribution in [-0.2, 0) is 21.5 Å². The summed E-state index contributed by atoms with van der Waals surface area (Å²) in [7, 11) is -1.86. The van der Waals surface area contributed by atoms with E-state index in [9.17, 15) is 0 Å². The fourth-order valence-corrected chi connectivity index (χ4v) is 17.3. The highest BCUT2D eigenvalue weighted by atomic mass is 28.5. The molecule has 0 amide bonds. The van der Waals surface area contributed by atoms with Crippen LogP contribution < -0.4 is 0 Å². The molecule has 0 aromatic heterocycles. The first-order valence-electron chi connectivity index (χ1n) is 10.0. The summed E-state index contributed by atoms with van der Waals surface area (Å²) in [6, 6.07) is 2.14. The van der Waals surface area contributed by atoms with Gasteiger partial charge in [-0.2, -0.15) is 0 Å². The lowest BCUT2D eigenvalue weighted by Crippen LogP contribution is -2.48. The summed E-state index contributed by atoms with van der Waals surface area (Å²) in [6.45, 7) is 13.6. The van der Waals surface area contributed by atoms with Gasteiger partial charge in [0.1, 0.15) is 0 Å². The molecule has 0 unspecified atom stereocenters. The van der Waals surface area contributed by atoms with E-state index < -0.39 is 34.7 Å². The number of rotatable bonds is 16. The Kier molecular flexibility index (Phi) is 13.3. The first-order chi connectivity index (χ1) is 12.0. The standard InChI is InChI=1S/C17H44O5Si4/c1-18-26(19-2,20-3)17-15-13-11-10-12-14-16-24(6,7)22-25(8,9)21-23(4)5/h23H,10-17H2,1-9H3. The second-order valence-electron chi connectivity index (χ2n) is 8.34. The van der Waals surface area contributed by atoms with Crippen LogP contribution in [0.3, 0.4) is 0 Å². The number of hydrogen-bond donors (Lipinski definition) is 0.